The third-order valence-electron chi connectivity index (χ3n) is 25.2. The minimum absolute atomic E-state index is 0.0235. The van der Waals surface area contributed by atoms with Gasteiger partial charge < -0.3 is 9.97 Å². The molecule has 8 bridgehead atoms. The number of sulfonamides is 8. The minimum atomic E-state index is -5.02. The highest BCUT2D eigenvalue weighted by Gasteiger charge is 2.43. The van der Waals surface area contributed by atoms with Crippen molar-refractivity contribution in [1.29, 1.82) is 0 Å². The van der Waals surface area contributed by atoms with Crippen molar-refractivity contribution in [1.82, 2.24) is 74.3 Å². The lowest BCUT2D eigenvalue weighted by atomic mass is 10.1. The topological polar surface area (TPSA) is 408 Å². The normalized spacial score (nSPS) is 13.4. The lowest BCUT2D eigenvalue weighted by Gasteiger charge is -2.25. The van der Waals surface area contributed by atoms with Crippen molar-refractivity contribution in [3.63, 3.8) is 0 Å². The number of aromatic amines is 2. The first-order valence-corrected chi connectivity index (χ1v) is 62.0. The zero-order valence-electron chi connectivity index (χ0n) is 83.6. The third-order valence-corrected chi connectivity index (χ3v) is 40.4. The summed E-state index contributed by atoms with van der Waals surface area (Å²) in [5.41, 5.74) is -2.98. The first-order valence-electron chi connectivity index (χ1n) is 50.4. The van der Waals surface area contributed by atoms with Gasteiger partial charge in [-0.1, -0.05) is 214 Å². The Hall–Kier alpha value is -6.48. The van der Waals surface area contributed by atoms with E-state index in [-0.39, 0.29) is 149 Å². The summed E-state index contributed by atoms with van der Waals surface area (Å²) in [6, 6.07) is 9.37. The van der Waals surface area contributed by atoms with Gasteiger partial charge in [0.15, 0.2) is 23.3 Å². The smallest absolute Gasteiger partial charge is 0.243 e. The Morgan fingerprint density at radius 3 is 0.566 bits per heavy atom. The van der Waals surface area contributed by atoms with Gasteiger partial charge in [-0.2, -0.15) is 34.4 Å². The quantitative estimate of drug-likeness (QED) is 0.0357. The number of unbranched alkanes of at least 4 members (excludes halogenated alkanes) is 16. The Kier molecular flexibility index (Phi) is 42.8. The van der Waals surface area contributed by atoms with Crippen LogP contribution in [0.5, 0.6) is 0 Å². The minimum Gasteiger partial charge on any atom is -0.324 e. The van der Waals surface area contributed by atoms with Crippen LogP contribution in [0, 0.1) is 0 Å². The maximum absolute atomic E-state index is 16.9. The molecule has 0 saturated carbocycles. The van der Waals surface area contributed by atoms with Gasteiger partial charge in [0.25, 0.3) is 0 Å². The van der Waals surface area contributed by atoms with Gasteiger partial charge in [-0.3, -0.25) is 0 Å². The molecule has 0 saturated heterocycles. The van der Waals surface area contributed by atoms with Crippen LogP contribution in [0.15, 0.2) is 87.7 Å². The summed E-state index contributed by atoms with van der Waals surface area (Å²) in [6.07, 6.45) is 14.9. The molecule has 9 rings (SSSR count). The lowest BCUT2D eigenvalue weighted by Crippen LogP contribution is -2.35. The molecule has 2 aliphatic heterocycles. The van der Waals surface area contributed by atoms with Crippen molar-refractivity contribution in [3.05, 3.63) is 48.5 Å². The van der Waals surface area contributed by atoms with E-state index < -0.39 is 165 Å². The average molecular weight is 2040 g/mol. The van der Waals surface area contributed by atoms with Gasteiger partial charge in [0.2, 0.25) is 80.2 Å². The van der Waals surface area contributed by atoms with Gasteiger partial charge in [-0.15, -0.1) is 0 Å². The summed E-state index contributed by atoms with van der Waals surface area (Å²) in [5, 5.41) is -1.15. The van der Waals surface area contributed by atoms with E-state index in [9.17, 15) is 0 Å². The molecule has 0 spiro atoms. The average Bonchev–Trinajstić information content (AvgIpc) is 1.55. The number of benzene rings is 4. The molecule has 0 atom stereocenters. The number of aromatic nitrogens is 8. The first-order chi connectivity index (χ1) is 64.9. The zero-order chi connectivity index (χ0) is 99.7. The van der Waals surface area contributed by atoms with Crippen molar-refractivity contribution in [2.45, 2.75) is 355 Å². The Morgan fingerprint density at radius 2 is 0.368 bits per heavy atom. The molecule has 0 aliphatic carbocycles. The van der Waals surface area contributed by atoms with E-state index in [0.717, 1.165) is 24.3 Å². The molecular formula is C96H154N16O16S8. The van der Waals surface area contributed by atoms with Crippen molar-refractivity contribution >= 4 is 124 Å². The molecule has 0 radical (unpaired) electrons. The number of H-pyrrole nitrogens is 2. The lowest BCUT2D eigenvalue weighted by molar-refractivity contribution is 0.393. The molecule has 4 aromatic carbocycles. The van der Waals surface area contributed by atoms with Crippen molar-refractivity contribution in [2.24, 2.45) is 0 Å². The maximum Gasteiger partial charge on any atom is 0.243 e. The molecule has 762 valence electrons. The fourth-order valence-electron chi connectivity index (χ4n) is 16.8. The number of fused-ring (bicyclic) bond motifs is 20. The molecule has 5 heterocycles. The number of hydrogen-bond donors (Lipinski definition) is 2. The van der Waals surface area contributed by atoms with Gasteiger partial charge in [0, 0.05) is 137 Å². The molecule has 7 aromatic rings. The number of nitrogens with one attached hydrogen (secondary N) is 2. The van der Waals surface area contributed by atoms with Crippen LogP contribution in [0.2, 0.25) is 0 Å². The van der Waals surface area contributed by atoms with Crippen LogP contribution in [0.4, 0.5) is 0 Å². The molecule has 2 aliphatic rings. The fourth-order valence-corrected chi connectivity index (χ4v) is 30.4. The van der Waals surface area contributed by atoms with Crippen molar-refractivity contribution in [2.75, 3.05) is 105 Å². The van der Waals surface area contributed by atoms with Crippen LogP contribution in [-0.4, -0.2) is 246 Å². The zero-order valence-corrected chi connectivity index (χ0v) is 90.2. The van der Waals surface area contributed by atoms with Crippen LogP contribution >= 0.6 is 0 Å². The van der Waals surface area contributed by atoms with E-state index in [1.54, 1.807) is 0 Å². The van der Waals surface area contributed by atoms with E-state index in [4.69, 9.17) is 29.9 Å². The second-order valence-electron chi connectivity index (χ2n) is 35.9. The fraction of sp³-hybridized carbons (Fsp3) is 0.667. The van der Waals surface area contributed by atoms with Gasteiger partial charge in [-0.25, -0.2) is 97.2 Å². The summed E-state index contributed by atoms with van der Waals surface area (Å²) in [7, 11) is -39.2. The molecule has 32 nitrogen and oxygen atoms in total. The molecule has 0 unspecified atom stereocenters. The Bertz CT molecular complexity index is 5940. The standard InChI is InChI=1S/C96H154N16O16S8/c1-17-33-49-105(50-34-18-2)129(113,114)73-65-77-85(81(69-73)133(121,122)109(57-41-25-9)58-42-26-10)93-99-89(77)97-90-78-66-74(130(115,116)106(51-35-19-3)52-36-20-4)70-82(134(123,124)110(59-43-27-11)60-44-28-12)86(78)95(100-90)104-96-88-80(68-76(132(119,120)108(55-39-23-7)56-40-24-8)72-84(88)136(127,128)112(63-47-31-15)64-48-32-16)92(102-96)98-91-79-67-75(131(117,118)107(53-37-21-5)54-38-22-6)71-83(87(79)94(101-91)103-93)135(125,126)111(61-45-29-13)62-46-30-14/h65-72H,17-64H2,1-16H3,(H2,97,98,99,100,101,102,103,104). The van der Waals surface area contributed by atoms with Crippen LogP contribution in [0.25, 0.3) is 89.7 Å². The second-order valence-corrected chi connectivity index (χ2v) is 51.3. The van der Waals surface area contributed by atoms with Crippen molar-refractivity contribution < 1.29 is 67.3 Å². The highest BCUT2D eigenvalue weighted by Crippen LogP contribution is 2.48. The SMILES string of the molecule is CCCCN(CCCC)S(=O)(=O)c1cc2c(c(S(=O)(=O)N(CCCC)CCCC)c1)-c1nc-2nc2[nH]c(nc3nc(nc4[nH]c(n1)c1c(S(=O)(=O)N(CCCC)CCCC)cc(S(=O)(=O)N(CCCC)CCCC)cc41)-c1cc(S(=O)(=O)N(CCCC)CCCC)cc(S(=O)(=O)N(CCCC)CCCC)c1-3)c1c(S(=O)(=O)N(CCCC)CCCC)cc(S(=O)(=O)N(CCCC)CCCC)cc21. The Labute approximate surface area is 814 Å². The van der Waals surface area contributed by atoms with E-state index in [1.165, 1.54) is 58.7 Å². The van der Waals surface area contributed by atoms with Crippen LogP contribution in [0.1, 0.15) is 316 Å². The van der Waals surface area contributed by atoms with Gasteiger partial charge in [-0.05, 0) is 151 Å². The molecule has 2 N–H and O–H groups in total. The number of rotatable bonds is 64. The van der Waals surface area contributed by atoms with E-state index in [1.807, 2.05) is 111 Å². The largest absolute Gasteiger partial charge is 0.324 e. The van der Waals surface area contributed by atoms with Crippen LogP contribution < -0.4 is 0 Å². The Morgan fingerprint density at radius 1 is 0.199 bits per heavy atom. The Balaban J connectivity index is 1.78. The summed E-state index contributed by atoms with van der Waals surface area (Å²) in [5.74, 6) is -2.07. The number of hydrogen-bond acceptors (Lipinski definition) is 22. The maximum atomic E-state index is 16.9. The van der Waals surface area contributed by atoms with Gasteiger partial charge >= 0.3 is 0 Å². The highest BCUT2D eigenvalue weighted by molar-refractivity contribution is 7.92. The molecule has 0 amide bonds. The summed E-state index contributed by atoms with van der Waals surface area (Å²) < 4.78 is 275. The van der Waals surface area contributed by atoms with Gasteiger partial charge in [0.1, 0.15) is 22.6 Å². The first kappa shape index (κ1) is 113. The van der Waals surface area contributed by atoms with E-state index in [2.05, 4.69) is 9.97 Å². The third kappa shape index (κ3) is 25.8. The monoisotopic (exact) mass is 2040 g/mol. The van der Waals surface area contributed by atoms with Crippen molar-refractivity contribution in [3.8, 4) is 45.6 Å². The summed E-state index contributed by atoms with van der Waals surface area (Å²) in [4.78, 5) is 34.1. The van der Waals surface area contributed by atoms with Crippen LogP contribution in [0.3, 0.4) is 0 Å². The van der Waals surface area contributed by atoms with E-state index in [0.29, 0.717) is 205 Å². The molecular weight excluding hydrogens is 1890 g/mol. The molecule has 3 aromatic heterocycles. The summed E-state index contributed by atoms with van der Waals surface area (Å²) in [6.45, 7) is 30.3. The number of nitrogens with zero attached hydrogens (tertiary/aromatic N) is 14. The summed E-state index contributed by atoms with van der Waals surface area (Å²) >= 11 is 0. The van der Waals surface area contributed by atoms with Crippen LogP contribution in [-0.2, 0) is 80.2 Å². The molecule has 0 fully saturated rings. The predicted octanol–water partition coefficient (Wildman–Crippen LogP) is 19.6. The second kappa shape index (κ2) is 51.5. The van der Waals surface area contributed by atoms with E-state index >= 15 is 67.3 Å². The highest BCUT2D eigenvalue weighted by atomic mass is 32.2. The predicted molar refractivity (Wildman–Crippen MR) is 545 cm³/mol. The molecule has 136 heavy (non-hydrogen) atoms. The molecule has 40 heteroatoms. The van der Waals surface area contributed by atoms with Gasteiger partial charge in [0.05, 0.1) is 50.3 Å².